The Morgan fingerprint density at radius 1 is 1.16 bits per heavy atom. The highest BCUT2D eigenvalue weighted by atomic mass is 32.2. The van der Waals surface area contributed by atoms with Gasteiger partial charge in [0.1, 0.15) is 0 Å². The number of ether oxygens (including phenoxy) is 1. The molecule has 1 saturated heterocycles. The lowest BCUT2D eigenvalue weighted by Gasteiger charge is -2.33. The van der Waals surface area contributed by atoms with Crippen LogP contribution in [-0.4, -0.2) is 67.4 Å². The van der Waals surface area contributed by atoms with E-state index in [2.05, 4.69) is 10.3 Å². The molecule has 3 rings (SSSR count). The zero-order valence-electron chi connectivity index (χ0n) is 17.7. The Morgan fingerprint density at radius 2 is 1.81 bits per heavy atom. The topological polar surface area (TPSA) is 109 Å². The zero-order chi connectivity index (χ0) is 22.6. The zero-order valence-corrected chi connectivity index (χ0v) is 19.3. The summed E-state index contributed by atoms with van der Waals surface area (Å²) in [5, 5.41) is 5.15. The molecule has 168 valence electrons. The second kappa shape index (κ2) is 9.75. The van der Waals surface area contributed by atoms with Crippen LogP contribution >= 0.6 is 11.3 Å². The number of nitrogens with zero attached hydrogens (tertiary/aromatic N) is 3. The minimum atomic E-state index is -3.72. The standard InChI is InChI=1S/C20H26N4O5S2/c1-4-29-20(26)23-9-11-24(12-10-23)31(27,28)16-7-5-15(6-8-16)18(25)22-19-21-17(13-30-19)14(2)3/h5-8,13-14H,4,9-12H2,1-3H3,(H,21,22,25). The van der Waals surface area contributed by atoms with Gasteiger partial charge in [-0.25, -0.2) is 18.2 Å². The number of hydrogen-bond acceptors (Lipinski definition) is 7. The SMILES string of the molecule is CCOC(=O)N1CCN(S(=O)(=O)c2ccc(C(=O)Nc3nc(C(C)C)cs3)cc2)CC1. The van der Waals surface area contributed by atoms with Crippen LogP contribution in [0.3, 0.4) is 0 Å². The van der Waals surface area contributed by atoms with E-state index in [9.17, 15) is 18.0 Å². The third kappa shape index (κ3) is 5.41. The first kappa shape index (κ1) is 23.2. The molecule has 2 aromatic rings. The van der Waals surface area contributed by atoms with Crippen molar-refractivity contribution in [2.24, 2.45) is 0 Å². The van der Waals surface area contributed by atoms with Gasteiger partial charge in [0.05, 0.1) is 17.2 Å². The first-order valence-electron chi connectivity index (χ1n) is 10.0. The van der Waals surface area contributed by atoms with Gasteiger partial charge in [0.2, 0.25) is 10.0 Å². The monoisotopic (exact) mass is 466 g/mol. The molecule has 9 nitrogen and oxygen atoms in total. The number of piperazine rings is 1. The van der Waals surface area contributed by atoms with Crippen molar-refractivity contribution in [3.63, 3.8) is 0 Å². The Bertz CT molecular complexity index is 1030. The number of nitrogens with one attached hydrogen (secondary N) is 1. The summed E-state index contributed by atoms with van der Waals surface area (Å²) in [6.45, 7) is 6.96. The molecule has 0 unspecified atom stereocenters. The molecule has 1 aliphatic heterocycles. The summed E-state index contributed by atoms with van der Waals surface area (Å²) >= 11 is 1.35. The lowest BCUT2D eigenvalue weighted by Crippen LogP contribution is -2.50. The van der Waals surface area contributed by atoms with Crippen LogP contribution in [0.4, 0.5) is 9.93 Å². The molecule has 1 fully saturated rings. The molecule has 1 aromatic heterocycles. The fourth-order valence-corrected chi connectivity index (χ4v) is 5.32. The average Bonchev–Trinajstić information content (AvgIpc) is 3.23. The predicted octanol–water partition coefficient (Wildman–Crippen LogP) is 2.98. The van der Waals surface area contributed by atoms with Crippen LogP contribution in [-0.2, 0) is 14.8 Å². The van der Waals surface area contributed by atoms with E-state index in [1.165, 1.54) is 44.8 Å². The van der Waals surface area contributed by atoms with Crippen molar-refractivity contribution in [2.75, 3.05) is 38.1 Å². The Morgan fingerprint density at radius 3 is 2.35 bits per heavy atom. The van der Waals surface area contributed by atoms with Crippen molar-refractivity contribution in [3.8, 4) is 0 Å². The molecule has 2 amide bonds. The molecule has 1 aliphatic rings. The van der Waals surface area contributed by atoms with Gasteiger partial charge >= 0.3 is 6.09 Å². The van der Waals surface area contributed by atoms with Crippen molar-refractivity contribution in [1.29, 1.82) is 0 Å². The van der Waals surface area contributed by atoms with E-state index in [1.807, 2.05) is 19.2 Å². The molecule has 1 aromatic carbocycles. The summed E-state index contributed by atoms with van der Waals surface area (Å²) in [5.74, 6) is -0.0813. The third-order valence-electron chi connectivity index (χ3n) is 4.85. The molecule has 31 heavy (non-hydrogen) atoms. The maximum atomic E-state index is 12.9. The Balaban J connectivity index is 1.63. The van der Waals surface area contributed by atoms with E-state index in [-0.39, 0.29) is 49.5 Å². The molecule has 11 heteroatoms. The van der Waals surface area contributed by atoms with Crippen molar-refractivity contribution in [2.45, 2.75) is 31.6 Å². The van der Waals surface area contributed by atoms with Crippen LogP contribution in [0.25, 0.3) is 0 Å². The first-order valence-corrected chi connectivity index (χ1v) is 12.3. The molecule has 1 N–H and O–H groups in total. The van der Waals surface area contributed by atoms with Crippen LogP contribution in [0.1, 0.15) is 42.7 Å². The van der Waals surface area contributed by atoms with E-state index in [1.54, 1.807) is 6.92 Å². The van der Waals surface area contributed by atoms with Crippen LogP contribution in [0.5, 0.6) is 0 Å². The summed E-state index contributed by atoms with van der Waals surface area (Å²) in [7, 11) is -3.72. The maximum Gasteiger partial charge on any atom is 0.409 e. The molecular weight excluding hydrogens is 440 g/mol. The number of rotatable bonds is 6. The van der Waals surface area contributed by atoms with Gasteiger partial charge in [0.25, 0.3) is 5.91 Å². The number of sulfonamides is 1. The highest BCUT2D eigenvalue weighted by Crippen LogP contribution is 2.23. The van der Waals surface area contributed by atoms with E-state index in [0.717, 1.165) is 5.69 Å². The van der Waals surface area contributed by atoms with Gasteiger partial charge in [0, 0.05) is 37.1 Å². The Hall–Kier alpha value is -2.50. The average molecular weight is 467 g/mol. The summed E-state index contributed by atoms with van der Waals surface area (Å²) in [6, 6.07) is 5.80. The quantitative estimate of drug-likeness (QED) is 0.701. The van der Waals surface area contributed by atoms with E-state index < -0.39 is 16.1 Å². The van der Waals surface area contributed by atoms with E-state index in [4.69, 9.17) is 4.74 Å². The van der Waals surface area contributed by atoms with E-state index >= 15 is 0 Å². The van der Waals surface area contributed by atoms with Gasteiger partial charge in [0.15, 0.2) is 5.13 Å². The van der Waals surface area contributed by atoms with Gasteiger partial charge in [-0.3, -0.25) is 10.1 Å². The van der Waals surface area contributed by atoms with Crippen molar-refractivity contribution < 1.29 is 22.7 Å². The van der Waals surface area contributed by atoms with Crippen LogP contribution < -0.4 is 5.32 Å². The highest BCUT2D eigenvalue weighted by Gasteiger charge is 2.30. The fourth-order valence-electron chi connectivity index (χ4n) is 3.03. The number of hydrogen-bond donors (Lipinski definition) is 1. The summed E-state index contributed by atoms with van der Waals surface area (Å²) in [4.78, 5) is 30.2. The maximum absolute atomic E-state index is 12.9. The molecule has 2 heterocycles. The number of anilines is 1. The van der Waals surface area contributed by atoms with E-state index in [0.29, 0.717) is 10.7 Å². The molecule has 0 aliphatic carbocycles. The van der Waals surface area contributed by atoms with Crippen LogP contribution in [0, 0.1) is 0 Å². The van der Waals surface area contributed by atoms with Gasteiger partial charge in [-0.1, -0.05) is 13.8 Å². The van der Waals surface area contributed by atoms with Crippen molar-refractivity contribution >= 4 is 38.5 Å². The lowest BCUT2D eigenvalue weighted by molar-refractivity contribution is 0.0933. The Kier molecular flexibility index (Phi) is 7.29. The number of aromatic nitrogens is 1. The van der Waals surface area contributed by atoms with Crippen LogP contribution in [0.2, 0.25) is 0 Å². The molecule has 0 atom stereocenters. The molecule has 0 bridgehead atoms. The van der Waals surface area contributed by atoms with Crippen molar-refractivity contribution in [1.82, 2.24) is 14.2 Å². The summed E-state index contributed by atoms with van der Waals surface area (Å²) < 4.78 is 32.1. The smallest absolute Gasteiger partial charge is 0.409 e. The molecule has 0 radical (unpaired) electrons. The number of amides is 2. The van der Waals surface area contributed by atoms with Crippen molar-refractivity contribution in [3.05, 3.63) is 40.9 Å². The highest BCUT2D eigenvalue weighted by molar-refractivity contribution is 7.89. The Labute approximate surface area is 186 Å². The number of carbonyl (C=O) groups excluding carboxylic acids is 2. The molecular formula is C20H26N4O5S2. The number of thiazole rings is 1. The minimum absolute atomic E-state index is 0.102. The number of carbonyl (C=O) groups is 2. The van der Waals surface area contributed by atoms with Gasteiger partial charge in [-0.05, 0) is 37.1 Å². The second-order valence-electron chi connectivity index (χ2n) is 7.30. The van der Waals surface area contributed by atoms with Gasteiger partial charge in [-0.15, -0.1) is 11.3 Å². The summed E-state index contributed by atoms with van der Waals surface area (Å²) in [5.41, 5.74) is 1.25. The summed E-state index contributed by atoms with van der Waals surface area (Å²) in [6.07, 6.45) is -0.435. The van der Waals surface area contributed by atoms with Crippen LogP contribution in [0.15, 0.2) is 34.5 Å². The van der Waals surface area contributed by atoms with Gasteiger partial charge in [-0.2, -0.15) is 4.31 Å². The van der Waals surface area contributed by atoms with Gasteiger partial charge < -0.3 is 9.64 Å². The predicted molar refractivity (Wildman–Crippen MR) is 118 cm³/mol. The molecule has 0 spiro atoms. The fraction of sp³-hybridized carbons (Fsp3) is 0.450. The minimum Gasteiger partial charge on any atom is -0.450 e. The molecule has 0 saturated carbocycles. The second-order valence-corrected chi connectivity index (χ2v) is 10.1. The lowest BCUT2D eigenvalue weighted by atomic mass is 10.2. The number of benzene rings is 1. The largest absolute Gasteiger partial charge is 0.450 e. The normalized spacial score (nSPS) is 15.2. The first-order chi connectivity index (χ1) is 14.7. The third-order valence-corrected chi connectivity index (χ3v) is 7.54.